The number of β-amino-alcohol motifs (C(OH)–C–C–N with tert-alkyl or cyclic N) is 1. The van der Waals surface area contributed by atoms with Gasteiger partial charge in [0.15, 0.2) is 0 Å². The Balaban J connectivity index is 1.83. The molecule has 0 bridgehead atoms. The van der Waals surface area contributed by atoms with Crippen LogP contribution in [-0.4, -0.2) is 40.0 Å². The van der Waals surface area contributed by atoms with Gasteiger partial charge in [0, 0.05) is 25.2 Å². The molecule has 6 heteroatoms. The van der Waals surface area contributed by atoms with Gasteiger partial charge in [0.25, 0.3) is 0 Å². The minimum absolute atomic E-state index is 0.134. The summed E-state index contributed by atoms with van der Waals surface area (Å²) in [7, 11) is 3.51. The second kappa shape index (κ2) is 6.91. The number of aliphatic hydroxyl groups excluding tert-OH is 1. The highest BCUT2D eigenvalue weighted by atomic mass is 19.1. The average molecular weight is 333 g/mol. The predicted molar refractivity (Wildman–Crippen MR) is 89.4 cm³/mol. The van der Waals surface area contributed by atoms with Crippen LogP contribution in [-0.2, 0) is 7.05 Å². The van der Waals surface area contributed by atoms with Gasteiger partial charge in [-0.2, -0.15) is 5.10 Å². The molecule has 0 amide bonds. The standard InChI is InChI=1S/C18H24FN3O2/c1-12-17(18(24-3)21(2)20-12)15-9-6-10-22(15)11-16(23)13-7-4-5-8-14(13)19/h4-5,7-8,15-16,23H,6,9-11H2,1-3H3/t15-,16-/m1/s1. The zero-order chi connectivity index (χ0) is 17.3. The number of aryl methyl sites for hydroxylation is 2. The van der Waals surface area contributed by atoms with Crippen LogP contribution in [0.25, 0.3) is 0 Å². The molecule has 0 radical (unpaired) electrons. The van der Waals surface area contributed by atoms with Crippen LogP contribution in [0.5, 0.6) is 5.88 Å². The minimum atomic E-state index is -0.852. The van der Waals surface area contributed by atoms with E-state index in [0.717, 1.165) is 36.5 Å². The molecule has 24 heavy (non-hydrogen) atoms. The van der Waals surface area contributed by atoms with Crippen LogP contribution in [0.3, 0.4) is 0 Å². The van der Waals surface area contributed by atoms with Gasteiger partial charge < -0.3 is 9.84 Å². The van der Waals surface area contributed by atoms with E-state index in [1.54, 1.807) is 30.0 Å². The third-order valence-corrected chi connectivity index (χ3v) is 4.78. The number of likely N-dealkylation sites (tertiary alicyclic amines) is 1. The third kappa shape index (κ3) is 3.03. The Morgan fingerprint density at radius 2 is 2.17 bits per heavy atom. The van der Waals surface area contributed by atoms with Gasteiger partial charge in [-0.05, 0) is 32.4 Å². The number of aromatic nitrogens is 2. The summed E-state index contributed by atoms with van der Waals surface area (Å²) < 4.78 is 21.2. The van der Waals surface area contributed by atoms with Crippen LogP contribution in [0.2, 0.25) is 0 Å². The van der Waals surface area contributed by atoms with E-state index in [0.29, 0.717) is 12.1 Å². The Hall–Kier alpha value is -1.92. The average Bonchev–Trinajstić information content (AvgIpc) is 3.10. The maximum Gasteiger partial charge on any atom is 0.216 e. The number of aliphatic hydroxyl groups is 1. The van der Waals surface area contributed by atoms with Gasteiger partial charge in [0.1, 0.15) is 5.82 Å². The first-order valence-corrected chi connectivity index (χ1v) is 8.27. The van der Waals surface area contributed by atoms with Crippen molar-refractivity contribution in [2.45, 2.75) is 31.9 Å². The lowest BCUT2D eigenvalue weighted by atomic mass is 10.0. The SMILES string of the molecule is COc1c([C@H]2CCCN2C[C@@H](O)c2ccccc2F)c(C)nn1C. The van der Waals surface area contributed by atoms with Crippen LogP contribution in [0.15, 0.2) is 24.3 Å². The molecule has 130 valence electrons. The van der Waals surface area contributed by atoms with Crippen molar-refractivity contribution in [3.63, 3.8) is 0 Å². The maximum atomic E-state index is 13.9. The molecule has 2 atom stereocenters. The van der Waals surface area contributed by atoms with Crippen molar-refractivity contribution < 1.29 is 14.2 Å². The van der Waals surface area contributed by atoms with Crippen LogP contribution in [0.4, 0.5) is 4.39 Å². The number of nitrogens with zero attached hydrogens (tertiary/aromatic N) is 3. The van der Waals surface area contributed by atoms with Crippen LogP contribution in [0.1, 0.15) is 41.8 Å². The summed E-state index contributed by atoms with van der Waals surface area (Å²) in [6.45, 7) is 3.23. The van der Waals surface area contributed by atoms with Gasteiger partial charge in [-0.15, -0.1) is 0 Å². The summed E-state index contributed by atoms with van der Waals surface area (Å²) in [6, 6.07) is 6.54. The van der Waals surface area contributed by atoms with Gasteiger partial charge in [-0.25, -0.2) is 9.07 Å². The molecule has 1 aliphatic rings. The molecule has 2 aromatic rings. The molecule has 1 aromatic carbocycles. The molecule has 0 unspecified atom stereocenters. The molecule has 0 aliphatic carbocycles. The van der Waals surface area contributed by atoms with Crippen molar-refractivity contribution in [1.82, 2.24) is 14.7 Å². The number of benzene rings is 1. The fourth-order valence-corrected chi connectivity index (χ4v) is 3.72. The van der Waals surface area contributed by atoms with E-state index in [1.807, 2.05) is 14.0 Å². The summed E-state index contributed by atoms with van der Waals surface area (Å²) in [4.78, 5) is 2.20. The fraction of sp³-hybridized carbons (Fsp3) is 0.500. The van der Waals surface area contributed by atoms with Crippen LogP contribution < -0.4 is 4.74 Å². The fourth-order valence-electron chi connectivity index (χ4n) is 3.72. The molecule has 1 saturated heterocycles. The molecule has 1 fully saturated rings. The molecular weight excluding hydrogens is 309 g/mol. The Morgan fingerprint density at radius 1 is 1.42 bits per heavy atom. The number of hydrogen-bond acceptors (Lipinski definition) is 4. The summed E-state index contributed by atoms with van der Waals surface area (Å²) in [5.74, 6) is 0.390. The van der Waals surface area contributed by atoms with Crippen molar-refractivity contribution in [1.29, 1.82) is 0 Å². The van der Waals surface area contributed by atoms with Crippen molar-refractivity contribution in [2.24, 2.45) is 7.05 Å². The quantitative estimate of drug-likeness (QED) is 0.914. The van der Waals surface area contributed by atoms with E-state index >= 15 is 0 Å². The summed E-state index contributed by atoms with van der Waals surface area (Å²) >= 11 is 0. The number of ether oxygens (including phenoxy) is 1. The highest BCUT2D eigenvalue weighted by Gasteiger charge is 2.33. The Kier molecular flexibility index (Phi) is 4.87. The lowest BCUT2D eigenvalue weighted by Crippen LogP contribution is -2.29. The number of hydrogen-bond donors (Lipinski definition) is 1. The summed E-state index contributed by atoms with van der Waals surface area (Å²) in [6.07, 6.45) is 1.16. The van der Waals surface area contributed by atoms with Crippen molar-refractivity contribution >= 4 is 0 Å². The van der Waals surface area contributed by atoms with Crippen molar-refractivity contribution in [2.75, 3.05) is 20.2 Å². The largest absolute Gasteiger partial charge is 0.481 e. The zero-order valence-electron chi connectivity index (χ0n) is 14.4. The first kappa shape index (κ1) is 16.9. The second-order valence-electron chi connectivity index (χ2n) is 6.32. The van der Waals surface area contributed by atoms with Gasteiger partial charge in [0.05, 0.1) is 24.5 Å². The third-order valence-electron chi connectivity index (χ3n) is 4.78. The second-order valence-corrected chi connectivity index (χ2v) is 6.32. The normalized spacial score (nSPS) is 19.6. The van der Waals surface area contributed by atoms with Gasteiger partial charge in [-0.1, -0.05) is 18.2 Å². The number of methoxy groups -OCH3 is 1. The topological polar surface area (TPSA) is 50.5 Å². The lowest BCUT2D eigenvalue weighted by Gasteiger charge is -2.27. The molecular formula is C18H24FN3O2. The number of rotatable bonds is 5. The van der Waals surface area contributed by atoms with Gasteiger partial charge in [-0.3, -0.25) is 4.90 Å². The molecule has 3 rings (SSSR count). The Morgan fingerprint density at radius 3 is 2.88 bits per heavy atom. The molecule has 1 N–H and O–H groups in total. The monoisotopic (exact) mass is 333 g/mol. The maximum absolute atomic E-state index is 13.9. The van der Waals surface area contributed by atoms with Crippen LogP contribution in [0, 0.1) is 12.7 Å². The van der Waals surface area contributed by atoms with E-state index < -0.39 is 6.10 Å². The zero-order valence-corrected chi connectivity index (χ0v) is 14.4. The van der Waals surface area contributed by atoms with Gasteiger partial charge >= 0.3 is 0 Å². The Labute approximate surface area is 141 Å². The molecule has 1 aliphatic heterocycles. The van der Waals surface area contributed by atoms with Crippen molar-refractivity contribution in [3.8, 4) is 5.88 Å². The molecule has 1 aromatic heterocycles. The summed E-state index contributed by atoms with van der Waals surface area (Å²) in [5, 5.41) is 14.9. The van der Waals surface area contributed by atoms with E-state index in [4.69, 9.17) is 4.74 Å². The first-order valence-electron chi connectivity index (χ1n) is 8.27. The molecule has 0 spiro atoms. The van der Waals surface area contributed by atoms with E-state index in [2.05, 4.69) is 10.00 Å². The molecule has 2 heterocycles. The Bertz CT molecular complexity index is 716. The first-order chi connectivity index (χ1) is 11.5. The highest BCUT2D eigenvalue weighted by molar-refractivity contribution is 5.35. The lowest BCUT2D eigenvalue weighted by molar-refractivity contribution is 0.102. The van der Waals surface area contributed by atoms with E-state index in [-0.39, 0.29) is 11.9 Å². The predicted octanol–water partition coefficient (Wildman–Crippen LogP) is 2.75. The minimum Gasteiger partial charge on any atom is -0.481 e. The van der Waals surface area contributed by atoms with E-state index in [1.165, 1.54) is 6.07 Å². The molecule has 5 nitrogen and oxygen atoms in total. The van der Waals surface area contributed by atoms with Crippen LogP contribution >= 0.6 is 0 Å². The number of halogens is 1. The summed E-state index contributed by atoms with van der Waals surface area (Å²) in [5.41, 5.74) is 2.35. The van der Waals surface area contributed by atoms with E-state index in [9.17, 15) is 9.50 Å². The smallest absolute Gasteiger partial charge is 0.216 e. The molecule has 0 saturated carbocycles. The highest BCUT2D eigenvalue weighted by Crippen LogP contribution is 2.39. The van der Waals surface area contributed by atoms with Gasteiger partial charge in [0.2, 0.25) is 5.88 Å². The van der Waals surface area contributed by atoms with Crippen molar-refractivity contribution in [3.05, 3.63) is 46.9 Å².